The van der Waals surface area contributed by atoms with E-state index in [1.54, 1.807) is 6.07 Å². The van der Waals surface area contributed by atoms with Gasteiger partial charge in [-0.3, -0.25) is 0 Å². The highest BCUT2D eigenvalue weighted by atomic mass is 32.2. The number of thioether (sulfide) groups is 1. The van der Waals surface area contributed by atoms with Crippen molar-refractivity contribution < 1.29 is 13.2 Å². The smallest absolute Gasteiger partial charge is 0.136 e. The third-order valence-electron chi connectivity index (χ3n) is 2.54. The fraction of sp³-hybridized carbons (Fsp3) is 0.143. The van der Waals surface area contributed by atoms with Crippen LogP contribution in [0, 0.1) is 17.5 Å². The highest BCUT2D eigenvalue weighted by molar-refractivity contribution is 7.98. The van der Waals surface area contributed by atoms with Crippen LogP contribution in [0.25, 0.3) is 0 Å². The molecule has 2 N–H and O–H groups in total. The van der Waals surface area contributed by atoms with Crippen LogP contribution in [0.1, 0.15) is 11.1 Å². The number of nitrogens with two attached hydrogens (primary N) is 1. The lowest BCUT2D eigenvalue weighted by atomic mass is 10.1. The van der Waals surface area contributed by atoms with Gasteiger partial charge in [0.05, 0.1) is 0 Å². The van der Waals surface area contributed by atoms with E-state index < -0.39 is 11.6 Å². The lowest BCUT2D eigenvalue weighted by molar-refractivity contribution is 0.577. The van der Waals surface area contributed by atoms with Crippen molar-refractivity contribution in [1.82, 2.24) is 0 Å². The molecule has 0 fully saturated rings. The van der Waals surface area contributed by atoms with Crippen LogP contribution in [-0.2, 0) is 12.3 Å². The maximum absolute atomic E-state index is 13.4. The van der Waals surface area contributed by atoms with Gasteiger partial charge in [0.15, 0.2) is 0 Å². The fourth-order valence-corrected chi connectivity index (χ4v) is 2.56. The van der Waals surface area contributed by atoms with Crippen LogP contribution in [0.4, 0.5) is 13.2 Å². The van der Waals surface area contributed by atoms with Crippen molar-refractivity contribution in [2.24, 2.45) is 5.73 Å². The van der Waals surface area contributed by atoms with E-state index in [-0.39, 0.29) is 17.3 Å². The lowest BCUT2D eigenvalue weighted by Crippen LogP contribution is -1.98. The summed E-state index contributed by atoms with van der Waals surface area (Å²) in [6.45, 7) is 0.240. The fourth-order valence-electron chi connectivity index (χ4n) is 1.67. The lowest BCUT2D eigenvalue weighted by Gasteiger charge is -2.06. The zero-order valence-electron chi connectivity index (χ0n) is 10.00. The van der Waals surface area contributed by atoms with Crippen LogP contribution in [0.2, 0.25) is 0 Å². The Morgan fingerprint density at radius 3 is 2.37 bits per heavy atom. The van der Waals surface area contributed by atoms with Gasteiger partial charge in [0.1, 0.15) is 17.5 Å². The highest BCUT2D eigenvalue weighted by Crippen LogP contribution is 2.26. The summed E-state index contributed by atoms with van der Waals surface area (Å²) < 4.78 is 39.7. The minimum atomic E-state index is -0.495. The van der Waals surface area contributed by atoms with E-state index in [0.717, 1.165) is 30.0 Å². The number of rotatable bonds is 4. The van der Waals surface area contributed by atoms with Gasteiger partial charge in [-0.25, -0.2) is 13.2 Å². The molecule has 0 heterocycles. The van der Waals surface area contributed by atoms with Gasteiger partial charge in [-0.15, -0.1) is 11.8 Å². The van der Waals surface area contributed by atoms with Gasteiger partial charge in [-0.2, -0.15) is 0 Å². The molecular weight excluding hydrogens is 271 g/mol. The Morgan fingerprint density at radius 1 is 0.895 bits per heavy atom. The largest absolute Gasteiger partial charge is 0.326 e. The van der Waals surface area contributed by atoms with E-state index >= 15 is 0 Å². The molecule has 0 spiro atoms. The Balaban J connectivity index is 2.14. The first-order chi connectivity index (χ1) is 9.08. The number of benzene rings is 2. The van der Waals surface area contributed by atoms with Crippen molar-refractivity contribution in [2.45, 2.75) is 17.2 Å². The van der Waals surface area contributed by atoms with Crippen LogP contribution in [0.15, 0.2) is 41.3 Å². The third kappa shape index (κ3) is 3.75. The summed E-state index contributed by atoms with van der Waals surface area (Å²) >= 11 is 1.12. The first kappa shape index (κ1) is 14.0. The zero-order chi connectivity index (χ0) is 13.8. The van der Waals surface area contributed by atoms with E-state index in [1.807, 2.05) is 0 Å². The quantitative estimate of drug-likeness (QED) is 0.862. The van der Waals surface area contributed by atoms with Crippen LogP contribution >= 0.6 is 11.8 Å². The van der Waals surface area contributed by atoms with Gasteiger partial charge in [0.2, 0.25) is 0 Å². The Labute approximate surface area is 113 Å². The highest BCUT2D eigenvalue weighted by Gasteiger charge is 2.06. The summed E-state index contributed by atoms with van der Waals surface area (Å²) in [6, 6.07) is 7.75. The number of hydrogen-bond donors (Lipinski definition) is 1. The van der Waals surface area contributed by atoms with Gasteiger partial charge in [0, 0.05) is 17.2 Å². The molecule has 2 aromatic carbocycles. The topological polar surface area (TPSA) is 26.0 Å². The van der Waals surface area contributed by atoms with Crippen LogP contribution < -0.4 is 5.73 Å². The second kappa shape index (κ2) is 6.12. The summed E-state index contributed by atoms with van der Waals surface area (Å²) in [5.74, 6) is -1.00. The SMILES string of the molecule is NCc1cc(F)cc(CSc2cc(F)ccc2F)c1. The third-order valence-corrected chi connectivity index (χ3v) is 3.64. The molecule has 0 radical (unpaired) electrons. The Morgan fingerprint density at radius 2 is 1.63 bits per heavy atom. The van der Waals surface area contributed by atoms with Crippen molar-refractivity contribution in [3.8, 4) is 0 Å². The van der Waals surface area contributed by atoms with E-state index in [4.69, 9.17) is 5.73 Å². The van der Waals surface area contributed by atoms with Crippen LogP contribution in [0.3, 0.4) is 0 Å². The predicted octanol–water partition coefficient (Wildman–Crippen LogP) is 3.85. The molecule has 1 nitrogen and oxygen atoms in total. The van der Waals surface area contributed by atoms with Crippen molar-refractivity contribution in [2.75, 3.05) is 0 Å². The van der Waals surface area contributed by atoms with E-state index in [0.29, 0.717) is 16.9 Å². The Hall–Kier alpha value is -1.46. The minimum absolute atomic E-state index is 0.207. The second-order valence-corrected chi connectivity index (χ2v) is 5.05. The molecule has 100 valence electrons. The van der Waals surface area contributed by atoms with Gasteiger partial charge in [-0.05, 0) is 41.5 Å². The average Bonchev–Trinajstić information content (AvgIpc) is 2.39. The van der Waals surface area contributed by atoms with Gasteiger partial charge in [-0.1, -0.05) is 6.07 Å². The maximum Gasteiger partial charge on any atom is 0.136 e. The minimum Gasteiger partial charge on any atom is -0.326 e. The van der Waals surface area contributed by atoms with Crippen molar-refractivity contribution in [1.29, 1.82) is 0 Å². The number of halogens is 3. The molecule has 19 heavy (non-hydrogen) atoms. The molecule has 5 heteroatoms. The predicted molar refractivity (Wildman–Crippen MR) is 70.2 cm³/mol. The molecule has 0 aliphatic heterocycles. The normalized spacial score (nSPS) is 10.7. The Bertz CT molecular complexity index is 587. The molecule has 0 saturated carbocycles. The van der Waals surface area contributed by atoms with E-state index in [1.165, 1.54) is 12.1 Å². The molecule has 0 atom stereocenters. The maximum atomic E-state index is 13.4. The molecule has 0 aliphatic rings. The van der Waals surface area contributed by atoms with Gasteiger partial charge < -0.3 is 5.73 Å². The molecule has 0 aromatic heterocycles. The second-order valence-electron chi connectivity index (χ2n) is 4.04. The molecule has 0 aliphatic carbocycles. The molecule has 2 aromatic rings. The summed E-state index contributed by atoms with van der Waals surface area (Å²) in [4.78, 5) is 0.207. The molecule has 0 bridgehead atoms. The van der Waals surface area contributed by atoms with Gasteiger partial charge in [0.25, 0.3) is 0 Å². The molecule has 0 amide bonds. The molecule has 0 unspecified atom stereocenters. The van der Waals surface area contributed by atoms with Gasteiger partial charge >= 0.3 is 0 Å². The number of hydrogen-bond acceptors (Lipinski definition) is 2. The first-order valence-electron chi connectivity index (χ1n) is 5.65. The van der Waals surface area contributed by atoms with Crippen LogP contribution in [0.5, 0.6) is 0 Å². The van der Waals surface area contributed by atoms with E-state index in [9.17, 15) is 13.2 Å². The summed E-state index contributed by atoms with van der Waals surface area (Å²) in [5, 5.41) is 0. The van der Waals surface area contributed by atoms with Crippen molar-refractivity contribution in [3.05, 3.63) is 65.0 Å². The van der Waals surface area contributed by atoms with Crippen molar-refractivity contribution in [3.63, 3.8) is 0 Å². The zero-order valence-corrected chi connectivity index (χ0v) is 10.8. The molecule has 2 rings (SSSR count). The summed E-state index contributed by atoms with van der Waals surface area (Å²) in [5.41, 5.74) is 6.82. The Kier molecular flexibility index (Phi) is 4.50. The standard InChI is InChI=1S/C14H12F3NS/c15-11-1-2-13(17)14(6-11)19-8-10-3-9(7-18)4-12(16)5-10/h1-6H,7-8,18H2. The average molecular weight is 283 g/mol. The molecule has 0 saturated heterocycles. The van der Waals surface area contributed by atoms with Crippen LogP contribution in [-0.4, -0.2) is 0 Å². The van der Waals surface area contributed by atoms with Crippen molar-refractivity contribution >= 4 is 11.8 Å². The van der Waals surface area contributed by atoms with E-state index in [2.05, 4.69) is 0 Å². The summed E-state index contributed by atoms with van der Waals surface area (Å²) in [7, 11) is 0. The monoisotopic (exact) mass is 283 g/mol. The molecular formula is C14H12F3NS. The first-order valence-corrected chi connectivity index (χ1v) is 6.63. The summed E-state index contributed by atoms with van der Waals surface area (Å²) in [6.07, 6.45) is 0.